The fraction of sp³-hybridized carbons (Fsp3) is 0.481. The number of oxazole rings is 1. The van der Waals surface area contributed by atoms with E-state index in [0.29, 0.717) is 11.4 Å². The summed E-state index contributed by atoms with van der Waals surface area (Å²) in [6.07, 6.45) is 2.29. The number of halogens is 3. The molecule has 1 aromatic carbocycles. The average molecular weight is 532 g/mol. The predicted molar refractivity (Wildman–Crippen MR) is 135 cm³/mol. The van der Waals surface area contributed by atoms with Gasteiger partial charge in [0, 0.05) is 30.6 Å². The van der Waals surface area contributed by atoms with Crippen LogP contribution in [-0.2, 0) is 16.4 Å². The molecule has 8 nitrogen and oxygen atoms in total. The summed E-state index contributed by atoms with van der Waals surface area (Å²) >= 11 is 0. The van der Waals surface area contributed by atoms with Crippen molar-refractivity contribution < 1.29 is 27.2 Å². The number of carbonyl (C=O) groups is 2. The van der Waals surface area contributed by atoms with Gasteiger partial charge in [-0.2, -0.15) is 18.3 Å². The minimum absolute atomic E-state index is 0.000652. The second kappa shape index (κ2) is 11.0. The van der Waals surface area contributed by atoms with E-state index in [9.17, 15) is 22.8 Å². The Kier molecular flexibility index (Phi) is 7.94. The minimum Gasteiger partial charge on any atom is -0.428 e. The zero-order valence-electron chi connectivity index (χ0n) is 21.7. The van der Waals surface area contributed by atoms with Crippen molar-refractivity contribution in [3.05, 3.63) is 59.7 Å². The van der Waals surface area contributed by atoms with Crippen molar-refractivity contribution in [2.24, 2.45) is 5.92 Å². The van der Waals surface area contributed by atoms with Crippen LogP contribution in [0.5, 0.6) is 0 Å². The van der Waals surface area contributed by atoms with E-state index in [1.54, 1.807) is 36.5 Å². The Morgan fingerprint density at radius 2 is 1.79 bits per heavy atom. The van der Waals surface area contributed by atoms with Gasteiger partial charge in [0.2, 0.25) is 5.91 Å². The summed E-state index contributed by atoms with van der Waals surface area (Å²) in [5.74, 6) is -0.687. The molecule has 2 amide bonds. The van der Waals surface area contributed by atoms with Gasteiger partial charge < -0.3 is 9.73 Å². The summed E-state index contributed by atoms with van der Waals surface area (Å²) in [5, 5.41) is 6.14. The van der Waals surface area contributed by atoms with Crippen LogP contribution in [0, 0.1) is 5.92 Å². The quantitative estimate of drug-likeness (QED) is 0.433. The number of rotatable bonds is 7. The Labute approximate surface area is 219 Å². The van der Waals surface area contributed by atoms with Crippen LogP contribution in [0.15, 0.2) is 47.1 Å². The summed E-state index contributed by atoms with van der Waals surface area (Å²) in [5.41, 5.74) is -1.82. The van der Waals surface area contributed by atoms with Crippen LogP contribution >= 0.6 is 0 Å². The molecule has 4 rings (SSSR count). The number of anilines is 1. The maximum Gasteiger partial charge on any atom is 0.435 e. The number of aromatic nitrogens is 3. The first-order valence-electron chi connectivity index (χ1n) is 12.7. The first kappa shape index (κ1) is 27.4. The van der Waals surface area contributed by atoms with Crippen LogP contribution in [0.2, 0.25) is 0 Å². The smallest absolute Gasteiger partial charge is 0.428 e. The molecule has 0 aliphatic heterocycles. The second-order valence-corrected chi connectivity index (χ2v) is 10.5. The Morgan fingerprint density at radius 1 is 1.11 bits per heavy atom. The van der Waals surface area contributed by atoms with Crippen LogP contribution < -0.4 is 10.2 Å². The van der Waals surface area contributed by atoms with E-state index in [1.807, 2.05) is 20.8 Å². The van der Waals surface area contributed by atoms with Crippen LogP contribution in [0.3, 0.4) is 0 Å². The molecular weight excluding hydrogens is 499 g/mol. The van der Waals surface area contributed by atoms with Gasteiger partial charge in [0.15, 0.2) is 5.69 Å². The maximum atomic E-state index is 13.7. The molecule has 1 saturated carbocycles. The Hall–Kier alpha value is -3.63. The van der Waals surface area contributed by atoms with E-state index < -0.39 is 23.3 Å². The summed E-state index contributed by atoms with van der Waals surface area (Å²) in [4.78, 5) is 32.0. The summed E-state index contributed by atoms with van der Waals surface area (Å²) in [6, 6.07) is 8.35. The Morgan fingerprint density at radius 3 is 2.39 bits per heavy atom. The fourth-order valence-corrected chi connectivity index (χ4v) is 4.45. The molecule has 0 bridgehead atoms. The summed E-state index contributed by atoms with van der Waals surface area (Å²) in [7, 11) is 0. The number of hydrogen-bond acceptors (Lipinski definition) is 5. The Bertz CT molecular complexity index is 1250. The monoisotopic (exact) mass is 531 g/mol. The molecule has 1 N–H and O–H groups in total. The normalized spacial score (nSPS) is 14.9. The lowest BCUT2D eigenvalue weighted by Crippen LogP contribution is -2.42. The van der Waals surface area contributed by atoms with E-state index >= 15 is 0 Å². The average Bonchev–Trinajstić information content (AvgIpc) is 3.56. The van der Waals surface area contributed by atoms with Gasteiger partial charge in [0.05, 0.1) is 17.4 Å². The van der Waals surface area contributed by atoms with Crippen molar-refractivity contribution in [1.29, 1.82) is 0 Å². The van der Waals surface area contributed by atoms with Gasteiger partial charge in [0.1, 0.15) is 5.76 Å². The van der Waals surface area contributed by atoms with Crippen molar-refractivity contribution in [1.82, 2.24) is 20.1 Å². The van der Waals surface area contributed by atoms with Crippen molar-refractivity contribution in [3.63, 3.8) is 0 Å². The minimum atomic E-state index is -4.82. The lowest BCUT2D eigenvalue weighted by atomic mass is 9.88. The third kappa shape index (κ3) is 6.25. The molecule has 3 aromatic rings. The molecule has 2 heterocycles. The van der Waals surface area contributed by atoms with Gasteiger partial charge >= 0.3 is 12.2 Å². The largest absolute Gasteiger partial charge is 0.435 e. The number of alkyl halides is 3. The number of amides is 2. The molecule has 2 aromatic heterocycles. The first-order chi connectivity index (χ1) is 17.9. The predicted octanol–water partition coefficient (Wildman–Crippen LogP) is 5.52. The highest BCUT2D eigenvalue weighted by Gasteiger charge is 2.39. The topological polar surface area (TPSA) is 93.3 Å². The highest BCUT2D eigenvalue weighted by molar-refractivity contribution is 5.96. The lowest BCUT2D eigenvalue weighted by molar-refractivity contribution is -0.141. The van der Waals surface area contributed by atoms with Gasteiger partial charge in [0.25, 0.3) is 5.91 Å². The van der Waals surface area contributed by atoms with Crippen LogP contribution in [0.1, 0.15) is 74.7 Å². The number of hydrogen-bond donors (Lipinski definition) is 1. The SMILES string of the molecule is CC(C)(C)c1cnc(N(CCNC(=O)c2cn(-c3ccccc3)nc2C(F)(F)F)C(=O)C2CCCCC2)o1. The molecule has 0 radical (unpaired) electrons. The van der Waals surface area contributed by atoms with Gasteiger partial charge in [-0.05, 0) is 25.0 Å². The van der Waals surface area contributed by atoms with Crippen LogP contribution in [0.25, 0.3) is 5.69 Å². The van der Waals surface area contributed by atoms with Crippen molar-refractivity contribution >= 4 is 17.8 Å². The summed E-state index contributed by atoms with van der Waals surface area (Å²) in [6.45, 7) is 5.77. The Balaban J connectivity index is 1.52. The van der Waals surface area contributed by atoms with E-state index in [-0.39, 0.29) is 36.3 Å². The van der Waals surface area contributed by atoms with Crippen molar-refractivity contribution in [2.75, 3.05) is 18.0 Å². The number of nitrogens with zero attached hydrogens (tertiary/aromatic N) is 4. The molecule has 11 heteroatoms. The molecule has 1 fully saturated rings. The van der Waals surface area contributed by atoms with Crippen molar-refractivity contribution in [2.45, 2.75) is 64.5 Å². The lowest BCUT2D eigenvalue weighted by Gasteiger charge is -2.27. The van der Waals surface area contributed by atoms with Crippen LogP contribution in [-0.4, -0.2) is 39.7 Å². The highest BCUT2D eigenvalue weighted by atomic mass is 19.4. The molecular formula is C27H32F3N5O3. The zero-order valence-corrected chi connectivity index (χ0v) is 21.7. The maximum absolute atomic E-state index is 13.7. The third-order valence-electron chi connectivity index (χ3n) is 6.55. The molecule has 204 valence electrons. The molecule has 1 aliphatic carbocycles. The van der Waals surface area contributed by atoms with E-state index in [1.165, 1.54) is 4.90 Å². The third-order valence-corrected chi connectivity index (χ3v) is 6.55. The molecule has 0 unspecified atom stereocenters. The second-order valence-electron chi connectivity index (χ2n) is 10.5. The first-order valence-corrected chi connectivity index (χ1v) is 12.7. The number of carbonyl (C=O) groups excluding carboxylic acids is 2. The van der Waals surface area contributed by atoms with E-state index in [0.717, 1.165) is 43.0 Å². The number of benzene rings is 1. The van der Waals surface area contributed by atoms with E-state index in [2.05, 4.69) is 15.4 Å². The molecule has 0 atom stereocenters. The van der Waals surface area contributed by atoms with Gasteiger partial charge in [-0.15, -0.1) is 0 Å². The van der Waals surface area contributed by atoms with Gasteiger partial charge in [-0.3, -0.25) is 14.5 Å². The molecule has 0 spiro atoms. The molecule has 1 aliphatic rings. The van der Waals surface area contributed by atoms with Crippen molar-refractivity contribution in [3.8, 4) is 5.69 Å². The summed E-state index contributed by atoms with van der Waals surface area (Å²) < 4.78 is 48.0. The fourth-order valence-electron chi connectivity index (χ4n) is 4.45. The zero-order chi connectivity index (χ0) is 27.5. The number of para-hydroxylation sites is 1. The standard InChI is InChI=1S/C27H32F3N5O3/c1-26(2,3)21-16-32-25(38-21)34(24(37)18-10-6-4-7-11-18)15-14-31-23(36)20-17-35(19-12-8-5-9-13-19)33-22(20)27(28,29)30/h5,8-9,12-13,16-18H,4,6-7,10-11,14-15H2,1-3H3,(H,31,36). The van der Waals surface area contributed by atoms with Gasteiger partial charge in [-0.1, -0.05) is 58.2 Å². The van der Waals surface area contributed by atoms with Gasteiger partial charge in [-0.25, -0.2) is 9.67 Å². The highest BCUT2D eigenvalue weighted by Crippen LogP contribution is 2.32. The van der Waals surface area contributed by atoms with E-state index in [4.69, 9.17) is 4.42 Å². The van der Waals surface area contributed by atoms with Crippen LogP contribution in [0.4, 0.5) is 19.2 Å². The molecule has 0 saturated heterocycles. The number of nitrogens with one attached hydrogen (secondary N) is 1. The molecule has 38 heavy (non-hydrogen) atoms.